The van der Waals surface area contributed by atoms with E-state index in [1.54, 1.807) is 13.8 Å². The van der Waals surface area contributed by atoms with E-state index >= 15 is 0 Å². The first-order valence-corrected chi connectivity index (χ1v) is 8.56. The lowest BCUT2D eigenvalue weighted by Crippen LogP contribution is -2.47. The molecule has 2 rings (SSSR count). The molecule has 1 N–H and O–H groups in total. The second-order valence-electron chi connectivity index (χ2n) is 6.37. The first-order valence-electron chi connectivity index (χ1n) is 8.56. The maximum Gasteiger partial charge on any atom is 0.328 e. The predicted molar refractivity (Wildman–Crippen MR) is 99.2 cm³/mol. The molecule has 0 unspecified atom stereocenters. The first-order chi connectivity index (χ1) is 13.3. The van der Waals surface area contributed by atoms with Gasteiger partial charge in [-0.3, -0.25) is 9.59 Å². The summed E-state index contributed by atoms with van der Waals surface area (Å²) >= 11 is 0. The Balaban J connectivity index is 2.28. The molecule has 2 aromatic rings. The van der Waals surface area contributed by atoms with Crippen molar-refractivity contribution in [1.82, 2.24) is 15.1 Å². The number of rotatable bonds is 7. The highest BCUT2D eigenvalue weighted by atomic mass is 19.1. The molecule has 0 bridgehead atoms. The van der Waals surface area contributed by atoms with Crippen molar-refractivity contribution in [2.24, 2.45) is 5.92 Å². The van der Waals surface area contributed by atoms with Crippen LogP contribution in [0.4, 0.5) is 4.39 Å². The van der Waals surface area contributed by atoms with Crippen molar-refractivity contribution in [1.29, 1.82) is 0 Å². The predicted octanol–water partition coefficient (Wildman–Crippen LogP) is 1.37. The molecule has 0 saturated carbocycles. The molecule has 1 amide bonds. The summed E-state index contributed by atoms with van der Waals surface area (Å²) in [6.07, 6.45) is 0. The molecule has 1 aromatic carbocycles. The standard InChI is InChI=1S/C19H22FN3O5/c1-11(2)18(19(26)28-4)21-16(24)10-23-17(25)8-7-14(22-23)13-6-5-12(20)9-15(13)27-3/h5-9,11,18H,10H2,1-4H3,(H,21,24)/t18-/m1/s1. The number of esters is 1. The quantitative estimate of drug-likeness (QED) is 0.716. The van der Waals surface area contributed by atoms with Crippen LogP contribution in [0.1, 0.15) is 13.8 Å². The van der Waals surface area contributed by atoms with Gasteiger partial charge in [-0.1, -0.05) is 13.8 Å². The average Bonchev–Trinajstić information content (AvgIpc) is 2.67. The van der Waals surface area contributed by atoms with Gasteiger partial charge in [-0.05, 0) is 24.1 Å². The Morgan fingerprint density at radius 3 is 2.54 bits per heavy atom. The first kappa shape index (κ1) is 21.1. The summed E-state index contributed by atoms with van der Waals surface area (Å²) in [6.45, 7) is 3.12. The van der Waals surface area contributed by atoms with Crippen molar-refractivity contribution in [3.05, 3.63) is 46.5 Å². The molecular formula is C19H22FN3O5. The van der Waals surface area contributed by atoms with Gasteiger partial charge < -0.3 is 14.8 Å². The summed E-state index contributed by atoms with van der Waals surface area (Å²) in [7, 11) is 2.62. The zero-order valence-electron chi connectivity index (χ0n) is 16.1. The maximum atomic E-state index is 13.4. The smallest absolute Gasteiger partial charge is 0.328 e. The number of methoxy groups -OCH3 is 2. The molecule has 0 radical (unpaired) electrons. The molecule has 28 heavy (non-hydrogen) atoms. The molecule has 1 atom stereocenters. The van der Waals surface area contributed by atoms with E-state index in [2.05, 4.69) is 15.2 Å². The maximum absolute atomic E-state index is 13.4. The van der Waals surface area contributed by atoms with Crippen LogP contribution < -0.4 is 15.6 Å². The molecule has 0 spiro atoms. The van der Waals surface area contributed by atoms with E-state index in [0.29, 0.717) is 11.3 Å². The third-order valence-corrected chi connectivity index (χ3v) is 4.04. The second kappa shape index (κ2) is 9.12. The molecule has 0 saturated heterocycles. The lowest BCUT2D eigenvalue weighted by molar-refractivity contribution is -0.146. The molecule has 0 fully saturated rings. The third kappa shape index (κ3) is 4.93. The van der Waals surface area contributed by atoms with Crippen LogP contribution in [-0.2, 0) is 20.9 Å². The molecule has 0 aliphatic heterocycles. The number of aromatic nitrogens is 2. The summed E-state index contributed by atoms with van der Waals surface area (Å²) in [5.74, 6) is -1.57. The topological polar surface area (TPSA) is 99.5 Å². The Morgan fingerprint density at radius 1 is 1.21 bits per heavy atom. The third-order valence-electron chi connectivity index (χ3n) is 4.04. The Hall–Kier alpha value is -3.23. The Kier molecular flexibility index (Phi) is 6.86. The van der Waals surface area contributed by atoms with E-state index in [1.165, 1.54) is 44.6 Å². The largest absolute Gasteiger partial charge is 0.496 e. The summed E-state index contributed by atoms with van der Waals surface area (Å²) in [4.78, 5) is 36.2. The number of carbonyl (C=O) groups is 2. The van der Waals surface area contributed by atoms with Crippen LogP contribution in [0, 0.1) is 11.7 Å². The SMILES string of the molecule is COC(=O)[C@H](NC(=O)Cn1nc(-c2ccc(F)cc2OC)ccc1=O)C(C)C. The number of hydrogen-bond acceptors (Lipinski definition) is 6. The number of nitrogens with one attached hydrogen (secondary N) is 1. The van der Waals surface area contributed by atoms with E-state index < -0.39 is 35.8 Å². The van der Waals surface area contributed by atoms with E-state index in [0.717, 1.165) is 4.68 Å². The highest BCUT2D eigenvalue weighted by Crippen LogP contribution is 2.28. The summed E-state index contributed by atoms with van der Waals surface area (Å²) in [5, 5.41) is 6.71. The fraction of sp³-hybridized carbons (Fsp3) is 0.368. The molecule has 0 aliphatic carbocycles. The highest BCUT2D eigenvalue weighted by molar-refractivity contribution is 5.84. The molecule has 0 aliphatic rings. The van der Waals surface area contributed by atoms with Gasteiger partial charge in [0.05, 0.1) is 19.9 Å². The van der Waals surface area contributed by atoms with Gasteiger partial charge in [0, 0.05) is 17.7 Å². The van der Waals surface area contributed by atoms with Crippen LogP contribution in [0.3, 0.4) is 0 Å². The number of amides is 1. The van der Waals surface area contributed by atoms with Gasteiger partial charge in [0.25, 0.3) is 5.56 Å². The summed E-state index contributed by atoms with van der Waals surface area (Å²) in [5.41, 5.74) is 0.296. The van der Waals surface area contributed by atoms with Gasteiger partial charge in [-0.25, -0.2) is 13.9 Å². The molecule has 9 heteroatoms. The average molecular weight is 391 g/mol. The molecular weight excluding hydrogens is 369 g/mol. The minimum atomic E-state index is -0.839. The van der Waals surface area contributed by atoms with Crippen LogP contribution in [-0.4, -0.2) is 41.9 Å². The van der Waals surface area contributed by atoms with Crippen molar-refractivity contribution in [2.75, 3.05) is 14.2 Å². The Labute approximate surface area is 161 Å². The number of ether oxygens (including phenoxy) is 2. The molecule has 1 aromatic heterocycles. The van der Waals surface area contributed by atoms with Gasteiger partial charge in [-0.15, -0.1) is 0 Å². The van der Waals surface area contributed by atoms with Crippen LogP contribution in [0.5, 0.6) is 5.75 Å². The number of hydrogen-bond donors (Lipinski definition) is 1. The Bertz CT molecular complexity index is 926. The van der Waals surface area contributed by atoms with Crippen LogP contribution in [0.2, 0.25) is 0 Å². The van der Waals surface area contributed by atoms with E-state index in [4.69, 9.17) is 4.74 Å². The van der Waals surface area contributed by atoms with Gasteiger partial charge in [0.2, 0.25) is 5.91 Å². The van der Waals surface area contributed by atoms with Crippen molar-refractivity contribution >= 4 is 11.9 Å². The molecule has 150 valence electrons. The number of benzene rings is 1. The lowest BCUT2D eigenvalue weighted by atomic mass is 10.0. The minimum Gasteiger partial charge on any atom is -0.496 e. The number of nitrogens with zero attached hydrogens (tertiary/aromatic N) is 2. The summed E-state index contributed by atoms with van der Waals surface area (Å²) < 4.78 is 24.2. The van der Waals surface area contributed by atoms with Crippen molar-refractivity contribution in [3.63, 3.8) is 0 Å². The second-order valence-corrected chi connectivity index (χ2v) is 6.37. The summed E-state index contributed by atoms with van der Waals surface area (Å²) in [6, 6.07) is 5.77. The number of halogens is 1. The highest BCUT2D eigenvalue weighted by Gasteiger charge is 2.25. The van der Waals surface area contributed by atoms with Crippen LogP contribution in [0.15, 0.2) is 35.1 Å². The zero-order valence-corrected chi connectivity index (χ0v) is 16.1. The molecule has 1 heterocycles. The fourth-order valence-electron chi connectivity index (χ4n) is 2.56. The molecule has 8 nitrogen and oxygen atoms in total. The Morgan fingerprint density at radius 2 is 1.93 bits per heavy atom. The van der Waals surface area contributed by atoms with Crippen molar-refractivity contribution in [2.45, 2.75) is 26.4 Å². The fourth-order valence-corrected chi connectivity index (χ4v) is 2.56. The van der Waals surface area contributed by atoms with Crippen molar-refractivity contribution < 1.29 is 23.5 Å². The minimum absolute atomic E-state index is 0.198. The van der Waals surface area contributed by atoms with Crippen LogP contribution >= 0.6 is 0 Å². The van der Waals surface area contributed by atoms with Crippen LogP contribution in [0.25, 0.3) is 11.3 Å². The normalized spacial score (nSPS) is 11.8. The van der Waals surface area contributed by atoms with E-state index in [9.17, 15) is 18.8 Å². The van der Waals surface area contributed by atoms with E-state index in [1.807, 2.05) is 0 Å². The van der Waals surface area contributed by atoms with Gasteiger partial charge in [0.1, 0.15) is 24.2 Å². The van der Waals surface area contributed by atoms with Gasteiger partial charge >= 0.3 is 5.97 Å². The van der Waals surface area contributed by atoms with E-state index in [-0.39, 0.29) is 11.7 Å². The van der Waals surface area contributed by atoms with Gasteiger partial charge in [0.15, 0.2) is 0 Å². The zero-order chi connectivity index (χ0) is 20.8. The monoisotopic (exact) mass is 391 g/mol. The van der Waals surface area contributed by atoms with Crippen molar-refractivity contribution in [3.8, 4) is 17.0 Å². The number of carbonyl (C=O) groups excluding carboxylic acids is 2. The van der Waals surface area contributed by atoms with Gasteiger partial charge in [-0.2, -0.15) is 5.10 Å². The lowest BCUT2D eigenvalue weighted by Gasteiger charge is -2.20.